The summed E-state index contributed by atoms with van der Waals surface area (Å²) in [5.41, 5.74) is 1.38. The molecule has 0 unspecified atom stereocenters. The number of hydrogen-bond donors (Lipinski definition) is 1. The standard InChI is InChI=1S/C16H19N7/c1-2-18-15-5-7-20-16(21-15)23-10-8-22(9-11-23)14-4-3-6-19-13(14)12-17/h3-7H,2,8-11H2,1H3,(H,18,20,21). The first kappa shape index (κ1) is 15.0. The van der Waals surface area contributed by atoms with E-state index in [4.69, 9.17) is 0 Å². The smallest absolute Gasteiger partial charge is 0.227 e. The van der Waals surface area contributed by atoms with E-state index < -0.39 is 0 Å². The van der Waals surface area contributed by atoms with E-state index in [-0.39, 0.29) is 0 Å². The molecule has 0 radical (unpaired) electrons. The number of pyridine rings is 1. The van der Waals surface area contributed by atoms with Crippen LogP contribution < -0.4 is 15.1 Å². The highest BCUT2D eigenvalue weighted by Gasteiger charge is 2.21. The van der Waals surface area contributed by atoms with E-state index in [1.807, 2.05) is 25.1 Å². The molecule has 7 heteroatoms. The SMILES string of the molecule is CCNc1ccnc(N2CCN(c3cccnc3C#N)CC2)n1. The fraction of sp³-hybridized carbons (Fsp3) is 0.375. The third kappa shape index (κ3) is 3.31. The Morgan fingerprint density at radius 2 is 1.91 bits per heavy atom. The highest BCUT2D eigenvalue weighted by molar-refractivity contribution is 5.56. The van der Waals surface area contributed by atoms with Crippen LogP contribution in [0.25, 0.3) is 0 Å². The summed E-state index contributed by atoms with van der Waals surface area (Å²) >= 11 is 0. The number of aromatic nitrogens is 3. The lowest BCUT2D eigenvalue weighted by atomic mass is 10.2. The Morgan fingerprint density at radius 1 is 1.13 bits per heavy atom. The Kier molecular flexibility index (Phi) is 4.52. The predicted molar refractivity (Wildman–Crippen MR) is 89.6 cm³/mol. The monoisotopic (exact) mass is 309 g/mol. The van der Waals surface area contributed by atoms with E-state index in [0.29, 0.717) is 5.69 Å². The molecule has 7 nitrogen and oxygen atoms in total. The summed E-state index contributed by atoms with van der Waals surface area (Å²) in [4.78, 5) is 17.4. The number of nitrogens with zero attached hydrogens (tertiary/aromatic N) is 6. The van der Waals surface area contributed by atoms with Gasteiger partial charge >= 0.3 is 0 Å². The fourth-order valence-electron chi connectivity index (χ4n) is 2.67. The average Bonchev–Trinajstić information content (AvgIpc) is 2.62. The third-order valence-electron chi connectivity index (χ3n) is 3.80. The van der Waals surface area contributed by atoms with Gasteiger partial charge in [0.15, 0.2) is 5.69 Å². The quantitative estimate of drug-likeness (QED) is 0.916. The molecule has 3 rings (SSSR count). The molecule has 0 amide bonds. The van der Waals surface area contributed by atoms with E-state index in [0.717, 1.165) is 50.2 Å². The summed E-state index contributed by atoms with van der Waals surface area (Å²) in [6, 6.07) is 7.85. The molecule has 1 N–H and O–H groups in total. The van der Waals surface area contributed by atoms with Crippen LogP contribution >= 0.6 is 0 Å². The highest BCUT2D eigenvalue weighted by Crippen LogP contribution is 2.21. The summed E-state index contributed by atoms with van der Waals surface area (Å²) in [5, 5.41) is 12.4. The second kappa shape index (κ2) is 6.92. The van der Waals surface area contributed by atoms with Crippen LogP contribution in [0.4, 0.5) is 17.5 Å². The lowest BCUT2D eigenvalue weighted by Gasteiger charge is -2.36. The van der Waals surface area contributed by atoms with Gasteiger partial charge in [-0.1, -0.05) is 0 Å². The first-order chi connectivity index (χ1) is 11.3. The van der Waals surface area contributed by atoms with Gasteiger partial charge in [-0.15, -0.1) is 0 Å². The minimum atomic E-state index is 0.478. The van der Waals surface area contributed by atoms with Crippen LogP contribution in [0.5, 0.6) is 0 Å². The summed E-state index contributed by atoms with van der Waals surface area (Å²) in [6.45, 7) is 6.14. The molecule has 0 atom stereocenters. The zero-order valence-corrected chi connectivity index (χ0v) is 13.1. The third-order valence-corrected chi connectivity index (χ3v) is 3.80. The van der Waals surface area contributed by atoms with E-state index in [2.05, 4.69) is 36.1 Å². The Balaban J connectivity index is 1.69. The van der Waals surface area contributed by atoms with Crippen molar-refractivity contribution in [3.8, 4) is 6.07 Å². The zero-order valence-electron chi connectivity index (χ0n) is 13.1. The molecule has 118 valence electrons. The van der Waals surface area contributed by atoms with Gasteiger partial charge in [0.25, 0.3) is 0 Å². The molecule has 1 fully saturated rings. The molecule has 1 saturated heterocycles. The van der Waals surface area contributed by atoms with E-state index in [1.165, 1.54) is 0 Å². The van der Waals surface area contributed by atoms with Gasteiger partial charge in [0.05, 0.1) is 5.69 Å². The Labute approximate surface area is 135 Å². The largest absolute Gasteiger partial charge is 0.370 e. The zero-order chi connectivity index (χ0) is 16.1. The normalized spacial score (nSPS) is 14.4. The molecule has 0 saturated carbocycles. The second-order valence-electron chi connectivity index (χ2n) is 5.23. The molecule has 2 aromatic rings. The number of nitrogens with one attached hydrogen (secondary N) is 1. The van der Waals surface area contributed by atoms with Gasteiger partial charge in [0.2, 0.25) is 5.95 Å². The van der Waals surface area contributed by atoms with Gasteiger partial charge in [-0.05, 0) is 25.1 Å². The molecule has 0 bridgehead atoms. The first-order valence-corrected chi connectivity index (χ1v) is 7.73. The molecule has 0 spiro atoms. The number of hydrogen-bond acceptors (Lipinski definition) is 7. The lowest BCUT2D eigenvalue weighted by molar-refractivity contribution is 0.639. The summed E-state index contributed by atoms with van der Waals surface area (Å²) in [6.07, 6.45) is 3.43. The number of nitriles is 1. The van der Waals surface area contributed by atoms with Gasteiger partial charge in [-0.2, -0.15) is 10.2 Å². The van der Waals surface area contributed by atoms with Gasteiger partial charge in [-0.3, -0.25) is 0 Å². The van der Waals surface area contributed by atoms with Crippen molar-refractivity contribution < 1.29 is 0 Å². The fourth-order valence-corrected chi connectivity index (χ4v) is 2.67. The molecular weight excluding hydrogens is 290 g/mol. The maximum Gasteiger partial charge on any atom is 0.227 e. The van der Waals surface area contributed by atoms with Crippen LogP contribution in [-0.4, -0.2) is 47.7 Å². The Hall–Kier alpha value is -2.88. The van der Waals surface area contributed by atoms with Crippen molar-refractivity contribution >= 4 is 17.5 Å². The van der Waals surface area contributed by atoms with Gasteiger partial charge in [-0.25, -0.2) is 9.97 Å². The molecular formula is C16H19N7. The summed E-state index contributed by atoms with van der Waals surface area (Å²) in [5.74, 6) is 1.59. The van der Waals surface area contributed by atoms with Crippen molar-refractivity contribution in [2.24, 2.45) is 0 Å². The predicted octanol–water partition coefficient (Wildman–Crippen LogP) is 1.50. The van der Waals surface area contributed by atoms with E-state index in [1.54, 1.807) is 12.4 Å². The van der Waals surface area contributed by atoms with Crippen LogP contribution in [0.2, 0.25) is 0 Å². The van der Waals surface area contributed by atoms with Crippen LogP contribution in [0.3, 0.4) is 0 Å². The molecule has 0 aliphatic carbocycles. The summed E-state index contributed by atoms with van der Waals surface area (Å²) in [7, 11) is 0. The molecule has 1 aliphatic rings. The van der Waals surface area contributed by atoms with E-state index in [9.17, 15) is 5.26 Å². The Morgan fingerprint density at radius 3 is 2.65 bits per heavy atom. The Bertz CT molecular complexity index is 702. The van der Waals surface area contributed by atoms with Crippen molar-refractivity contribution in [2.75, 3.05) is 47.8 Å². The first-order valence-electron chi connectivity index (χ1n) is 7.73. The minimum absolute atomic E-state index is 0.478. The lowest BCUT2D eigenvalue weighted by Crippen LogP contribution is -2.47. The maximum absolute atomic E-state index is 9.18. The minimum Gasteiger partial charge on any atom is -0.370 e. The topological polar surface area (TPSA) is 81.0 Å². The molecule has 23 heavy (non-hydrogen) atoms. The van der Waals surface area contributed by atoms with Crippen LogP contribution in [0.1, 0.15) is 12.6 Å². The summed E-state index contributed by atoms with van der Waals surface area (Å²) < 4.78 is 0. The number of piperazine rings is 1. The highest BCUT2D eigenvalue weighted by atomic mass is 15.3. The van der Waals surface area contributed by atoms with Crippen molar-refractivity contribution in [2.45, 2.75) is 6.92 Å². The number of anilines is 3. The molecule has 3 heterocycles. The van der Waals surface area contributed by atoms with Crippen LogP contribution in [0, 0.1) is 11.3 Å². The average molecular weight is 309 g/mol. The van der Waals surface area contributed by atoms with Crippen molar-refractivity contribution in [1.82, 2.24) is 15.0 Å². The molecule has 1 aliphatic heterocycles. The molecule has 0 aromatic carbocycles. The van der Waals surface area contributed by atoms with Gasteiger partial charge < -0.3 is 15.1 Å². The second-order valence-corrected chi connectivity index (χ2v) is 5.23. The van der Waals surface area contributed by atoms with Crippen molar-refractivity contribution in [3.63, 3.8) is 0 Å². The van der Waals surface area contributed by atoms with Crippen molar-refractivity contribution in [3.05, 3.63) is 36.3 Å². The van der Waals surface area contributed by atoms with Crippen LogP contribution in [0.15, 0.2) is 30.6 Å². The van der Waals surface area contributed by atoms with E-state index >= 15 is 0 Å². The molecule has 2 aromatic heterocycles. The van der Waals surface area contributed by atoms with Crippen LogP contribution in [-0.2, 0) is 0 Å². The van der Waals surface area contributed by atoms with Gasteiger partial charge in [0, 0.05) is 45.1 Å². The van der Waals surface area contributed by atoms with Crippen molar-refractivity contribution in [1.29, 1.82) is 5.26 Å². The van der Waals surface area contributed by atoms with Gasteiger partial charge in [0.1, 0.15) is 11.9 Å². The number of rotatable bonds is 4. The maximum atomic E-state index is 9.18.